The van der Waals surface area contributed by atoms with Crippen LogP contribution in [0, 0.1) is 6.92 Å². The Hall–Kier alpha value is -2.29. The molecular formula is C24H23Cl2NO. The molecule has 1 amide bonds. The Bertz CT molecular complexity index is 977. The number of rotatable bonds is 5. The van der Waals surface area contributed by atoms with E-state index < -0.39 is 0 Å². The third kappa shape index (κ3) is 3.80. The van der Waals surface area contributed by atoms with Gasteiger partial charge >= 0.3 is 0 Å². The van der Waals surface area contributed by atoms with E-state index in [9.17, 15) is 4.79 Å². The Kier molecular flexibility index (Phi) is 6.43. The molecule has 2 nitrogen and oxygen atoms in total. The zero-order chi connectivity index (χ0) is 20.3. The molecule has 0 saturated heterocycles. The number of halogens is 2. The Balaban J connectivity index is 2.26. The monoisotopic (exact) mass is 411 g/mol. The molecule has 3 rings (SSSR count). The maximum Gasteiger partial charge on any atom is 0.264 e. The first kappa shape index (κ1) is 20.4. The van der Waals surface area contributed by atoms with Crippen LogP contribution in [0.15, 0.2) is 60.7 Å². The number of para-hydroxylation sites is 2. The average molecular weight is 412 g/mol. The number of hydrogen-bond acceptors (Lipinski definition) is 1. The number of anilines is 2. The predicted molar refractivity (Wildman–Crippen MR) is 119 cm³/mol. The van der Waals surface area contributed by atoms with Gasteiger partial charge in [0.2, 0.25) is 0 Å². The van der Waals surface area contributed by atoms with Crippen molar-refractivity contribution in [1.29, 1.82) is 0 Å². The summed E-state index contributed by atoms with van der Waals surface area (Å²) in [7, 11) is 0. The molecule has 4 heteroatoms. The predicted octanol–water partition coefficient (Wildman–Crippen LogP) is 7.41. The van der Waals surface area contributed by atoms with Gasteiger partial charge in [0.15, 0.2) is 0 Å². The van der Waals surface area contributed by atoms with Crippen molar-refractivity contribution in [3.63, 3.8) is 0 Å². The molecule has 3 aromatic rings. The van der Waals surface area contributed by atoms with Crippen LogP contribution in [0.5, 0.6) is 0 Å². The van der Waals surface area contributed by atoms with Crippen LogP contribution in [0.25, 0.3) is 0 Å². The normalized spacial score (nSPS) is 10.8. The van der Waals surface area contributed by atoms with Crippen molar-refractivity contribution in [3.05, 3.63) is 93.0 Å². The second kappa shape index (κ2) is 8.81. The second-order valence-electron chi connectivity index (χ2n) is 6.64. The van der Waals surface area contributed by atoms with Crippen molar-refractivity contribution in [2.45, 2.75) is 33.6 Å². The second-order valence-corrected chi connectivity index (χ2v) is 7.43. The zero-order valence-electron chi connectivity index (χ0n) is 16.3. The van der Waals surface area contributed by atoms with Crippen molar-refractivity contribution in [3.8, 4) is 0 Å². The van der Waals surface area contributed by atoms with Crippen LogP contribution in [0.1, 0.15) is 40.9 Å². The fourth-order valence-corrected chi connectivity index (χ4v) is 3.83. The van der Waals surface area contributed by atoms with Crippen molar-refractivity contribution in [1.82, 2.24) is 0 Å². The van der Waals surface area contributed by atoms with Gasteiger partial charge in [-0.2, -0.15) is 0 Å². The van der Waals surface area contributed by atoms with Crippen molar-refractivity contribution in [2.24, 2.45) is 0 Å². The lowest BCUT2D eigenvalue weighted by Gasteiger charge is -2.28. The number of carbonyl (C=O) groups is 1. The Morgan fingerprint density at radius 1 is 0.857 bits per heavy atom. The van der Waals surface area contributed by atoms with E-state index in [1.54, 1.807) is 17.0 Å². The molecule has 0 N–H and O–H groups in total. The number of benzene rings is 3. The van der Waals surface area contributed by atoms with Gasteiger partial charge in [0, 0.05) is 10.7 Å². The van der Waals surface area contributed by atoms with Gasteiger partial charge in [-0.3, -0.25) is 9.69 Å². The summed E-state index contributed by atoms with van der Waals surface area (Å²) < 4.78 is 0. The largest absolute Gasteiger partial charge is 0.276 e. The summed E-state index contributed by atoms with van der Waals surface area (Å²) >= 11 is 12.7. The number of hydrogen-bond donors (Lipinski definition) is 0. The summed E-state index contributed by atoms with van der Waals surface area (Å²) in [6.45, 7) is 6.03. The Morgan fingerprint density at radius 2 is 1.46 bits per heavy atom. The summed E-state index contributed by atoms with van der Waals surface area (Å²) in [5.41, 5.74) is 5.15. The van der Waals surface area contributed by atoms with E-state index >= 15 is 0 Å². The minimum Gasteiger partial charge on any atom is -0.276 e. The van der Waals surface area contributed by atoms with Crippen LogP contribution in [-0.2, 0) is 12.8 Å². The molecule has 0 heterocycles. The highest BCUT2D eigenvalue weighted by Crippen LogP contribution is 2.36. The van der Waals surface area contributed by atoms with Gasteiger partial charge in [-0.1, -0.05) is 73.4 Å². The molecule has 28 heavy (non-hydrogen) atoms. The van der Waals surface area contributed by atoms with E-state index in [0.29, 0.717) is 21.2 Å². The average Bonchev–Trinajstić information content (AvgIpc) is 2.73. The third-order valence-electron chi connectivity index (χ3n) is 4.96. The molecule has 0 unspecified atom stereocenters. The van der Waals surface area contributed by atoms with Crippen LogP contribution in [0.2, 0.25) is 10.0 Å². The molecule has 0 aromatic heterocycles. The van der Waals surface area contributed by atoms with E-state index in [1.807, 2.05) is 43.3 Å². The standard InChI is InChI=1S/C24H23Cl2NO/c1-4-17-10-9-11-18(5-2)23(17)27(19-12-7-6-8-13-19)24(28)20-14-15-21(25)16(3)22(20)26/h6-15H,4-5H2,1-3H3. The van der Waals surface area contributed by atoms with Crippen LogP contribution >= 0.6 is 23.2 Å². The Morgan fingerprint density at radius 3 is 2.04 bits per heavy atom. The van der Waals surface area contributed by atoms with Crippen LogP contribution < -0.4 is 4.90 Å². The lowest BCUT2D eigenvalue weighted by atomic mass is 10.00. The molecule has 0 fully saturated rings. The summed E-state index contributed by atoms with van der Waals surface area (Å²) in [6, 6.07) is 19.3. The van der Waals surface area contributed by atoms with Gasteiger partial charge in [0.1, 0.15) is 0 Å². The van der Waals surface area contributed by atoms with Gasteiger partial charge in [-0.15, -0.1) is 0 Å². The van der Waals surface area contributed by atoms with Crippen LogP contribution in [-0.4, -0.2) is 5.91 Å². The zero-order valence-corrected chi connectivity index (χ0v) is 17.8. The first-order chi connectivity index (χ1) is 13.5. The van der Waals surface area contributed by atoms with E-state index in [0.717, 1.165) is 35.3 Å². The van der Waals surface area contributed by atoms with Crippen LogP contribution in [0.3, 0.4) is 0 Å². The molecule has 0 radical (unpaired) electrons. The third-order valence-corrected chi connectivity index (χ3v) is 5.85. The summed E-state index contributed by atoms with van der Waals surface area (Å²) in [5.74, 6) is -0.161. The van der Waals surface area contributed by atoms with Gasteiger partial charge in [0.05, 0.1) is 16.3 Å². The maximum absolute atomic E-state index is 13.8. The van der Waals surface area contributed by atoms with Gasteiger partial charge in [-0.05, 0) is 60.7 Å². The molecule has 0 aliphatic carbocycles. The number of carbonyl (C=O) groups excluding carboxylic acids is 1. The molecular weight excluding hydrogens is 389 g/mol. The highest BCUT2D eigenvalue weighted by molar-refractivity contribution is 6.38. The fraction of sp³-hybridized carbons (Fsp3) is 0.208. The number of aryl methyl sites for hydroxylation is 2. The highest BCUT2D eigenvalue weighted by Gasteiger charge is 2.26. The SMILES string of the molecule is CCc1cccc(CC)c1N(C(=O)c1ccc(Cl)c(C)c1Cl)c1ccccc1. The van der Waals surface area contributed by atoms with Gasteiger partial charge in [-0.25, -0.2) is 0 Å². The van der Waals surface area contributed by atoms with Gasteiger partial charge < -0.3 is 0 Å². The fourth-order valence-electron chi connectivity index (χ4n) is 3.37. The first-order valence-electron chi connectivity index (χ1n) is 9.44. The summed E-state index contributed by atoms with van der Waals surface area (Å²) in [4.78, 5) is 15.5. The Labute approximate surface area is 176 Å². The molecule has 0 aliphatic rings. The quantitative estimate of drug-likeness (QED) is 0.427. The van der Waals surface area contributed by atoms with Crippen LogP contribution in [0.4, 0.5) is 11.4 Å². The summed E-state index contributed by atoms with van der Waals surface area (Å²) in [6.07, 6.45) is 1.65. The van der Waals surface area contributed by atoms with E-state index in [1.165, 1.54) is 0 Å². The molecule has 3 aromatic carbocycles. The lowest BCUT2D eigenvalue weighted by Crippen LogP contribution is -2.28. The first-order valence-corrected chi connectivity index (χ1v) is 10.2. The van der Waals surface area contributed by atoms with Crippen molar-refractivity contribution in [2.75, 3.05) is 4.90 Å². The van der Waals surface area contributed by atoms with Crippen molar-refractivity contribution < 1.29 is 4.79 Å². The lowest BCUT2D eigenvalue weighted by molar-refractivity contribution is 0.0999. The minimum absolute atomic E-state index is 0.161. The van der Waals surface area contributed by atoms with E-state index in [2.05, 4.69) is 26.0 Å². The molecule has 0 spiro atoms. The minimum atomic E-state index is -0.161. The number of nitrogens with zero attached hydrogens (tertiary/aromatic N) is 1. The topological polar surface area (TPSA) is 20.3 Å². The molecule has 0 atom stereocenters. The number of amides is 1. The molecule has 0 bridgehead atoms. The van der Waals surface area contributed by atoms with E-state index in [-0.39, 0.29) is 5.91 Å². The van der Waals surface area contributed by atoms with Crippen molar-refractivity contribution >= 4 is 40.5 Å². The maximum atomic E-state index is 13.8. The summed E-state index contributed by atoms with van der Waals surface area (Å²) in [5, 5.41) is 0.946. The molecule has 0 aliphatic heterocycles. The smallest absolute Gasteiger partial charge is 0.264 e. The molecule has 144 valence electrons. The molecule has 0 saturated carbocycles. The van der Waals surface area contributed by atoms with Gasteiger partial charge in [0.25, 0.3) is 5.91 Å². The highest BCUT2D eigenvalue weighted by atomic mass is 35.5. The van der Waals surface area contributed by atoms with E-state index in [4.69, 9.17) is 23.2 Å².